The summed E-state index contributed by atoms with van der Waals surface area (Å²) < 4.78 is 30.5. The summed E-state index contributed by atoms with van der Waals surface area (Å²) in [5.74, 6) is 1.75. The zero-order valence-electron chi connectivity index (χ0n) is 14.7. The first-order chi connectivity index (χ1) is 12.0. The van der Waals surface area contributed by atoms with Gasteiger partial charge in [-0.3, -0.25) is 4.79 Å². The molecule has 2 aliphatic rings. The fraction of sp³-hybridized carbons (Fsp3) is 0.812. The van der Waals surface area contributed by atoms with Crippen molar-refractivity contribution in [1.29, 1.82) is 0 Å². The molecule has 1 amide bonds. The minimum absolute atomic E-state index is 0.0982. The Hall–Kier alpha value is -1.48. The summed E-state index contributed by atoms with van der Waals surface area (Å²) in [5, 5.41) is 4.53. The second kappa shape index (κ2) is 7.82. The maximum Gasteiger partial charge on any atom is 0.222 e. The molecule has 1 atom stereocenters. The predicted molar refractivity (Wildman–Crippen MR) is 91.8 cm³/mol. The smallest absolute Gasteiger partial charge is 0.222 e. The molecular formula is C16H26N4O4S. The maximum absolute atomic E-state index is 12.3. The molecule has 1 aromatic heterocycles. The highest BCUT2D eigenvalue weighted by Gasteiger charge is 2.32. The van der Waals surface area contributed by atoms with E-state index < -0.39 is 9.84 Å². The lowest BCUT2D eigenvalue weighted by molar-refractivity contribution is -0.131. The number of amides is 1. The van der Waals surface area contributed by atoms with Crippen molar-refractivity contribution in [2.45, 2.75) is 51.1 Å². The van der Waals surface area contributed by atoms with Crippen LogP contribution in [-0.4, -0.2) is 65.8 Å². The number of sulfone groups is 1. The number of hydrogen-bond acceptors (Lipinski definition) is 6. The Balaban J connectivity index is 1.82. The largest absolute Gasteiger partial charge is 0.384 e. The van der Waals surface area contributed by atoms with E-state index in [9.17, 15) is 13.2 Å². The van der Waals surface area contributed by atoms with Crippen molar-refractivity contribution in [2.75, 3.05) is 31.8 Å². The Labute approximate surface area is 148 Å². The van der Waals surface area contributed by atoms with E-state index in [1.165, 1.54) is 0 Å². The van der Waals surface area contributed by atoms with Crippen LogP contribution in [-0.2, 0) is 32.3 Å². The summed E-state index contributed by atoms with van der Waals surface area (Å²) in [6, 6.07) is -0.189. The molecule has 3 rings (SSSR count). The van der Waals surface area contributed by atoms with Crippen LogP contribution in [0.2, 0.25) is 0 Å². The van der Waals surface area contributed by atoms with E-state index in [4.69, 9.17) is 4.74 Å². The van der Waals surface area contributed by atoms with Crippen molar-refractivity contribution in [2.24, 2.45) is 0 Å². The topological polar surface area (TPSA) is 94.4 Å². The summed E-state index contributed by atoms with van der Waals surface area (Å²) in [4.78, 5) is 18.7. The number of hydrogen-bond donors (Lipinski definition) is 0. The Bertz CT molecular complexity index is 716. The van der Waals surface area contributed by atoms with Crippen LogP contribution in [0, 0.1) is 0 Å². The van der Waals surface area contributed by atoms with Crippen LogP contribution >= 0.6 is 0 Å². The minimum atomic E-state index is -3.01. The molecule has 0 spiro atoms. The number of ether oxygens (including phenoxy) is 1. The SMILES string of the molecule is COCCc1nc(CN2CCCCCC2=O)n([C@@H]2CCS(=O)(=O)C2)n1. The van der Waals surface area contributed by atoms with Crippen molar-refractivity contribution in [3.05, 3.63) is 11.6 Å². The number of nitrogens with zero attached hydrogens (tertiary/aromatic N) is 4. The highest BCUT2D eigenvalue weighted by atomic mass is 32.2. The summed E-state index contributed by atoms with van der Waals surface area (Å²) in [5.41, 5.74) is 0. The van der Waals surface area contributed by atoms with E-state index in [1.54, 1.807) is 11.8 Å². The molecule has 25 heavy (non-hydrogen) atoms. The van der Waals surface area contributed by atoms with Gasteiger partial charge in [0.25, 0.3) is 0 Å². The quantitative estimate of drug-likeness (QED) is 0.733. The van der Waals surface area contributed by atoms with Crippen LogP contribution in [0.3, 0.4) is 0 Å². The normalized spacial score (nSPS) is 23.8. The van der Waals surface area contributed by atoms with Gasteiger partial charge in [-0.1, -0.05) is 6.42 Å². The number of aromatic nitrogens is 3. The van der Waals surface area contributed by atoms with Gasteiger partial charge < -0.3 is 9.64 Å². The van der Waals surface area contributed by atoms with Gasteiger partial charge in [0.2, 0.25) is 5.91 Å². The van der Waals surface area contributed by atoms with Gasteiger partial charge in [0.05, 0.1) is 30.7 Å². The van der Waals surface area contributed by atoms with Crippen molar-refractivity contribution in [1.82, 2.24) is 19.7 Å². The second-order valence-corrected chi connectivity index (χ2v) is 9.04. The van der Waals surface area contributed by atoms with Crippen molar-refractivity contribution >= 4 is 15.7 Å². The fourth-order valence-corrected chi connectivity index (χ4v) is 5.14. The zero-order valence-corrected chi connectivity index (χ0v) is 15.5. The Morgan fingerprint density at radius 2 is 2.12 bits per heavy atom. The van der Waals surface area contributed by atoms with Gasteiger partial charge in [0, 0.05) is 26.5 Å². The average Bonchev–Trinajstić information content (AvgIpc) is 3.07. The lowest BCUT2D eigenvalue weighted by Gasteiger charge is -2.21. The van der Waals surface area contributed by atoms with Crippen LogP contribution in [0.4, 0.5) is 0 Å². The van der Waals surface area contributed by atoms with E-state index in [-0.39, 0.29) is 23.5 Å². The van der Waals surface area contributed by atoms with E-state index in [0.29, 0.717) is 44.1 Å². The molecule has 0 radical (unpaired) electrons. The molecule has 140 valence electrons. The highest BCUT2D eigenvalue weighted by molar-refractivity contribution is 7.91. The van der Waals surface area contributed by atoms with Crippen LogP contribution in [0.25, 0.3) is 0 Å². The molecule has 9 heteroatoms. The first-order valence-electron chi connectivity index (χ1n) is 8.90. The third-order valence-corrected chi connectivity index (χ3v) is 6.58. The van der Waals surface area contributed by atoms with Gasteiger partial charge in [0.15, 0.2) is 15.7 Å². The molecule has 0 N–H and O–H groups in total. The molecule has 0 saturated carbocycles. The molecular weight excluding hydrogens is 344 g/mol. The summed E-state index contributed by atoms with van der Waals surface area (Å²) in [6.07, 6.45) is 4.69. The second-order valence-electron chi connectivity index (χ2n) is 6.81. The third kappa shape index (κ3) is 4.58. The molecule has 2 fully saturated rings. The molecule has 3 heterocycles. The number of likely N-dealkylation sites (tertiary alicyclic amines) is 1. The molecule has 0 aromatic carbocycles. The van der Waals surface area contributed by atoms with Crippen molar-refractivity contribution < 1.29 is 17.9 Å². The van der Waals surface area contributed by atoms with Crippen LogP contribution in [0.1, 0.15) is 49.8 Å². The number of carbonyl (C=O) groups excluding carboxylic acids is 1. The van der Waals surface area contributed by atoms with Crippen LogP contribution in [0.15, 0.2) is 0 Å². The lowest BCUT2D eigenvalue weighted by Crippen LogP contribution is -2.31. The Morgan fingerprint density at radius 3 is 2.84 bits per heavy atom. The van der Waals surface area contributed by atoms with E-state index in [1.807, 2.05) is 4.90 Å². The van der Waals surface area contributed by atoms with Crippen LogP contribution < -0.4 is 0 Å². The van der Waals surface area contributed by atoms with Gasteiger partial charge in [-0.05, 0) is 19.3 Å². The van der Waals surface area contributed by atoms with Gasteiger partial charge in [0.1, 0.15) is 5.82 Å². The molecule has 0 bridgehead atoms. The molecule has 1 aromatic rings. The predicted octanol–water partition coefficient (Wildman–Crippen LogP) is 0.729. The van der Waals surface area contributed by atoms with Crippen molar-refractivity contribution in [3.63, 3.8) is 0 Å². The number of rotatable bonds is 6. The molecule has 2 saturated heterocycles. The first-order valence-corrected chi connectivity index (χ1v) is 10.7. The summed E-state index contributed by atoms with van der Waals surface area (Å²) in [6.45, 7) is 1.63. The molecule has 2 aliphatic heterocycles. The summed E-state index contributed by atoms with van der Waals surface area (Å²) in [7, 11) is -1.39. The van der Waals surface area contributed by atoms with E-state index >= 15 is 0 Å². The highest BCUT2D eigenvalue weighted by Crippen LogP contribution is 2.25. The third-order valence-electron chi connectivity index (χ3n) is 4.83. The zero-order chi connectivity index (χ0) is 17.9. The maximum atomic E-state index is 12.3. The van der Waals surface area contributed by atoms with Gasteiger partial charge in [-0.25, -0.2) is 18.1 Å². The van der Waals surface area contributed by atoms with Crippen molar-refractivity contribution in [3.8, 4) is 0 Å². The van der Waals surface area contributed by atoms with E-state index in [2.05, 4.69) is 10.1 Å². The van der Waals surface area contributed by atoms with E-state index in [0.717, 1.165) is 25.8 Å². The van der Waals surface area contributed by atoms with Gasteiger partial charge >= 0.3 is 0 Å². The number of carbonyl (C=O) groups is 1. The first kappa shape index (κ1) is 18.3. The van der Waals surface area contributed by atoms with Gasteiger partial charge in [-0.2, -0.15) is 5.10 Å². The summed E-state index contributed by atoms with van der Waals surface area (Å²) >= 11 is 0. The fourth-order valence-electron chi connectivity index (χ4n) is 3.45. The minimum Gasteiger partial charge on any atom is -0.384 e. The standard InChI is InChI=1S/C16H26N4O4S/c1-24-9-6-14-17-15(11-19-8-4-2-3-5-16(19)21)20(18-14)13-7-10-25(22,23)12-13/h13H,2-12H2,1H3/t13-/m1/s1. The lowest BCUT2D eigenvalue weighted by atomic mass is 10.2. The average molecular weight is 370 g/mol. The molecule has 8 nitrogen and oxygen atoms in total. The Kier molecular flexibility index (Phi) is 5.73. The van der Waals surface area contributed by atoms with Crippen LogP contribution in [0.5, 0.6) is 0 Å². The van der Waals surface area contributed by atoms with Gasteiger partial charge in [-0.15, -0.1) is 0 Å². The molecule has 0 unspecified atom stereocenters. The monoisotopic (exact) mass is 370 g/mol. The Morgan fingerprint density at radius 1 is 1.28 bits per heavy atom. The number of methoxy groups -OCH3 is 1. The molecule has 0 aliphatic carbocycles.